The Balaban J connectivity index is 0.00000164. The van der Waals surface area contributed by atoms with Crippen LogP contribution in [-0.4, -0.2) is 47.3 Å². The third-order valence-corrected chi connectivity index (χ3v) is 7.27. The van der Waals surface area contributed by atoms with Gasteiger partial charge in [-0.1, -0.05) is 37.9 Å². The van der Waals surface area contributed by atoms with E-state index in [4.69, 9.17) is 17.3 Å². The van der Waals surface area contributed by atoms with Crippen molar-refractivity contribution in [3.63, 3.8) is 0 Å². The van der Waals surface area contributed by atoms with Crippen LogP contribution in [0.3, 0.4) is 0 Å². The summed E-state index contributed by atoms with van der Waals surface area (Å²) in [6.07, 6.45) is 2.69. The maximum absolute atomic E-state index is 13.6. The largest absolute Gasteiger partial charge is 0.481 e. The zero-order chi connectivity index (χ0) is 27.6. The van der Waals surface area contributed by atoms with Crippen LogP contribution in [0.1, 0.15) is 45.2 Å². The van der Waals surface area contributed by atoms with Crippen molar-refractivity contribution in [2.45, 2.75) is 58.7 Å². The molecule has 1 aliphatic rings. The number of hydrogen-bond donors (Lipinski definition) is 4. The SMILES string of the molecule is CC.Cn1c(=O)n(Cc2cc3c(Cl)cccc3[nH]2)c(=O)c2c1nc(NC1CCCC(C(=O)O)C1)n2CCN. The highest BCUT2D eigenvalue weighted by Crippen LogP contribution is 2.28. The standard InChI is InChI=1S/C24H28ClN7O4.C2H6/c1-30-20-19(31(9-8-26)23(29-20)28-14-5-2-4-13(10-14)22(34)35)21(33)32(24(30)36)12-15-11-16-17(25)6-3-7-18(16)27-15;1-2/h3,6-7,11,13-14,27H,2,4-5,8-10,12,26H2,1H3,(H,28,29)(H,34,35);1-2H3. The number of imidazole rings is 1. The number of benzene rings is 1. The first-order valence-electron chi connectivity index (χ1n) is 12.9. The van der Waals surface area contributed by atoms with Crippen LogP contribution in [-0.2, 0) is 24.9 Å². The fraction of sp³-hybridized carbons (Fsp3) is 0.462. The van der Waals surface area contributed by atoms with E-state index < -0.39 is 23.1 Å². The van der Waals surface area contributed by atoms with E-state index in [2.05, 4.69) is 15.3 Å². The first-order chi connectivity index (χ1) is 18.3. The molecule has 4 aromatic rings. The van der Waals surface area contributed by atoms with Gasteiger partial charge < -0.3 is 25.7 Å². The van der Waals surface area contributed by atoms with E-state index in [9.17, 15) is 19.5 Å². The first kappa shape index (κ1) is 27.5. The van der Waals surface area contributed by atoms with Crippen molar-refractivity contribution < 1.29 is 9.90 Å². The van der Waals surface area contributed by atoms with Gasteiger partial charge in [-0.15, -0.1) is 0 Å². The molecule has 0 amide bonds. The molecule has 0 aliphatic heterocycles. The second-order valence-electron chi connectivity index (χ2n) is 9.32. The van der Waals surface area contributed by atoms with Gasteiger partial charge in [0.05, 0.1) is 12.5 Å². The van der Waals surface area contributed by atoms with Gasteiger partial charge in [-0.2, -0.15) is 4.98 Å². The van der Waals surface area contributed by atoms with Crippen LogP contribution in [0.4, 0.5) is 5.95 Å². The Kier molecular flexibility index (Phi) is 8.27. The number of aliphatic carboxylic acids is 1. The number of fused-ring (bicyclic) bond motifs is 2. The number of hydrogen-bond acceptors (Lipinski definition) is 6. The number of aryl methyl sites for hydroxylation is 1. The molecule has 5 N–H and O–H groups in total. The topological polar surface area (TPSA) is 153 Å². The van der Waals surface area contributed by atoms with Crippen molar-refractivity contribution in [2.75, 3.05) is 11.9 Å². The number of aromatic amines is 1. The van der Waals surface area contributed by atoms with Gasteiger partial charge in [-0.05, 0) is 37.5 Å². The molecule has 3 heterocycles. The Morgan fingerprint density at radius 3 is 2.71 bits per heavy atom. The number of nitrogens with zero attached hydrogens (tertiary/aromatic N) is 4. The van der Waals surface area contributed by atoms with Crippen molar-refractivity contribution in [3.8, 4) is 0 Å². The van der Waals surface area contributed by atoms with Crippen molar-refractivity contribution in [3.05, 3.63) is 55.8 Å². The monoisotopic (exact) mass is 543 g/mol. The average Bonchev–Trinajstić information content (AvgIpc) is 3.49. The van der Waals surface area contributed by atoms with E-state index in [1.165, 1.54) is 9.13 Å². The highest BCUT2D eigenvalue weighted by molar-refractivity contribution is 6.35. The summed E-state index contributed by atoms with van der Waals surface area (Å²) in [4.78, 5) is 46.1. The van der Waals surface area contributed by atoms with E-state index in [0.29, 0.717) is 36.1 Å². The van der Waals surface area contributed by atoms with Gasteiger partial charge in [0.2, 0.25) is 5.95 Å². The number of nitrogens with two attached hydrogens (primary N) is 1. The lowest BCUT2D eigenvalue weighted by atomic mass is 9.86. The normalized spacial score (nSPS) is 17.4. The summed E-state index contributed by atoms with van der Waals surface area (Å²) in [6, 6.07) is 7.21. The van der Waals surface area contributed by atoms with E-state index in [-0.39, 0.29) is 30.3 Å². The Morgan fingerprint density at radius 1 is 1.26 bits per heavy atom. The average molecular weight is 544 g/mol. The number of carboxylic acids is 1. The number of halogens is 1. The van der Waals surface area contributed by atoms with E-state index >= 15 is 0 Å². The van der Waals surface area contributed by atoms with Gasteiger partial charge >= 0.3 is 11.7 Å². The summed E-state index contributed by atoms with van der Waals surface area (Å²) in [7, 11) is 1.58. The molecule has 1 fully saturated rings. The first-order valence-corrected chi connectivity index (χ1v) is 13.3. The van der Waals surface area contributed by atoms with Crippen LogP contribution in [0.15, 0.2) is 33.9 Å². The van der Waals surface area contributed by atoms with Crippen LogP contribution in [0, 0.1) is 5.92 Å². The van der Waals surface area contributed by atoms with E-state index in [0.717, 1.165) is 23.7 Å². The molecule has 1 aliphatic carbocycles. The molecule has 12 heteroatoms. The molecule has 1 aromatic carbocycles. The van der Waals surface area contributed by atoms with Crippen molar-refractivity contribution in [1.29, 1.82) is 0 Å². The van der Waals surface area contributed by atoms with E-state index in [1.54, 1.807) is 17.7 Å². The fourth-order valence-corrected chi connectivity index (χ4v) is 5.36. The molecular formula is C26H34ClN7O4. The van der Waals surface area contributed by atoms with Gasteiger partial charge in [0.15, 0.2) is 11.2 Å². The molecule has 0 radical (unpaired) electrons. The van der Waals surface area contributed by atoms with Gasteiger partial charge in [0.25, 0.3) is 5.56 Å². The molecular weight excluding hydrogens is 510 g/mol. The van der Waals surface area contributed by atoms with Crippen LogP contribution < -0.4 is 22.3 Å². The maximum atomic E-state index is 13.6. The Bertz CT molecular complexity index is 1580. The predicted molar refractivity (Wildman–Crippen MR) is 149 cm³/mol. The smallest absolute Gasteiger partial charge is 0.332 e. The van der Waals surface area contributed by atoms with Gasteiger partial charge in [-0.25, -0.2) is 4.79 Å². The highest BCUT2D eigenvalue weighted by atomic mass is 35.5. The molecule has 2 unspecified atom stereocenters. The molecule has 0 saturated heterocycles. The third-order valence-electron chi connectivity index (χ3n) is 6.94. The number of carbonyl (C=O) groups is 1. The van der Waals surface area contributed by atoms with Crippen LogP contribution in [0.5, 0.6) is 0 Å². The maximum Gasteiger partial charge on any atom is 0.332 e. The second-order valence-corrected chi connectivity index (χ2v) is 9.73. The van der Waals surface area contributed by atoms with Crippen molar-refractivity contribution in [2.24, 2.45) is 18.7 Å². The highest BCUT2D eigenvalue weighted by Gasteiger charge is 2.29. The molecule has 5 rings (SSSR count). The summed E-state index contributed by atoms with van der Waals surface area (Å²) >= 11 is 6.29. The summed E-state index contributed by atoms with van der Waals surface area (Å²) in [6.45, 7) is 4.60. The number of H-pyrrole nitrogens is 1. The van der Waals surface area contributed by atoms with Gasteiger partial charge in [0.1, 0.15) is 0 Å². The lowest BCUT2D eigenvalue weighted by molar-refractivity contribution is -0.142. The summed E-state index contributed by atoms with van der Waals surface area (Å²) in [5.74, 6) is -0.816. The lowest BCUT2D eigenvalue weighted by Gasteiger charge is -2.27. The molecule has 0 bridgehead atoms. The third kappa shape index (κ3) is 5.08. The van der Waals surface area contributed by atoms with Crippen LogP contribution >= 0.6 is 11.6 Å². The molecule has 204 valence electrons. The van der Waals surface area contributed by atoms with Crippen LogP contribution in [0.25, 0.3) is 22.1 Å². The Hall–Kier alpha value is -3.57. The molecule has 11 nitrogen and oxygen atoms in total. The summed E-state index contributed by atoms with van der Waals surface area (Å²) in [5, 5.41) is 14.1. The molecule has 38 heavy (non-hydrogen) atoms. The zero-order valence-electron chi connectivity index (χ0n) is 21.8. The summed E-state index contributed by atoms with van der Waals surface area (Å²) < 4.78 is 4.21. The number of anilines is 1. The van der Waals surface area contributed by atoms with E-state index in [1.807, 2.05) is 32.0 Å². The Labute approximate surface area is 224 Å². The van der Waals surface area contributed by atoms with Crippen LogP contribution in [0.2, 0.25) is 5.02 Å². The zero-order valence-corrected chi connectivity index (χ0v) is 22.6. The van der Waals surface area contributed by atoms with Crippen molar-refractivity contribution in [1.82, 2.24) is 23.7 Å². The number of carboxylic acid groups (broad SMARTS) is 1. The Morgan fingerprint density at radius 2 is 2.03 bits per heavy atom. The lowest BCUT2D eigenvalue weighted by Crippen LogP contribution is -2.40. The molecule has 0 spiro atoms. The minimum atomic E-state index is -0.805. The molecule has 2 atom stereocenters. The number of aromatic nitrogens is 5. The van der Waals surface area contributed by atoms with Gasteiger partial charge in [-0.3, -0.25) is 18.7 Å². The van der Waals surface area contributed by atoms with Crippen molar-refractivity contribution >= 4 is 45.6 Å². The molecule has 3 aromatic heterocycles. The number of nitrogens with one attached hydrogen (secondary N) is 2. The fourth-order valence-electron chi connectivity index (χ4n) is 5.13. The summed E-state index contributed by atoms with van der Waals surface area (Å²) in [5.41, 5.74) is 6.90. The van der Waals surface area contributed by atoms with Gasteiger partial charge in [0, 0.05) is 47.8 Å². The minimum Gasteiger partial charge on any atom is -0.481 e. The second kappa shape index (κ2) is 11.4. The predicted octanol–water partition coefficient (Wildman–Crippen LogP) is 3.12. The quantitative estimate of drug-likeness (QED) is 0.279. The molecule has 1 saturated carbocycles. The number of rotatable bonds is 7. The minimum absolute atomic E-state index is 0.0337.